The lowest BCUT2D eigenvalue weighted by Crippen LogP contribution is -2.37. The molecule has 1 aromatic rings. The quantitative estimate of drug-likeness (QED) is 0.641. The van der Waals surface area contributed by atoms with E-state index in [9.17, 15) is 0 Å². The molecule has 3 N–H and O–H groups in total. The first-order valence-electron chi connectivity index (χ1n) is 5.58. The van der Waals surface area contributed by atoms with Gasteiger partial charge in [0.2, 0.25) is 0 Å². The van der Waals surface area contributed by atoms with Crippen LogP contribution < -0.4 is 10.6 Å². The Labute approximate surface area is 111 Å². The van der Waals surface area contributed by atoms with E-state index in [1.54, 1.807) is 6.07 Å². The molecule has 0 spiro atoms. The molecule has 0 bridgehead atoms. The first kappa shape index (κ1) is 12.6. The largest absolute Gasteiger partial charge is 0.384 e. The van der Waals surface area contributed by atoms with Gasteiger partial charge in [-0.1, -0.05) is 18.5 Å². The molecule has 1 saturated heterocycles. The maximum absolute atomic E-state index is 7.62. The molecule has 0 radical (unpaired) electrons. The Morgan fingerprint density at radius 2 is 2.35 bits per heavy atom. The maximum Gasteiger partial charge on any atom is 0.124 e. The minimum absolute atomic E-state index is 0.0996. The number of amidine groups is 1. The van der Waals surface area contributed by atoms with E-state index in [1.165, 1.54) is 0 Å². The minimum Gasteiger partial charge on any atom is -0.384 e. The Morgan fingerprint density at radius 3 is 3.00 bits per heavy atom. The summed E-state index contributed by atoms with van der Waals surface area (Å²) in [5.74, 6) is 1.20. The lowest BCUT2D eigenvalue weighted by Gasteiger charge is -2.33. The van der Waals surface area contributed by atoms with Crippen LogP contribution in [-0.2, 0) is 0 Å². The monoisotopic (exact) mass is 269 g/mol. The van der Waals surface area contributed by atoms with Crippen LogP contribution >= 0.6 is 23.4 Å². The number of hydrogen-bond donors (Lipinski definition) is 2. The zero-order chi connectivity index (χ0) is 12.4. The van der Waals surface area contributed by atoms with Crippen molar-refractivity contribution in [2.45, 2.75) is 12.2 Å². The summed E-state index contributed by atoms with van der Waals surface area (Å²) in [4.78, 5) is 2.27. The number of anilines is 1. The number of nitrogens with two attached hydrogens (primary N) is 1. The van der Waals surface area contributed by atoms with Gasteiger partial charge in [-0.05, 0) is 18.2 Å². The highest BCUT2D eigenvalue weighted by Crippen LogP contribution is 2.29. The van der Waals surface area contributed by atoms with Gasteiger partial charge in [0.1, 0.15) is 5.84 Å². The van der Waals surface area contributed by atoms with Crippen LogP contribution in [0.2, 0.25) is 5.02 Å². The van der Waals surface area contributed by atoms with Crippen LogP contribution in [0, 0.1) is 5.41 Å². The molecule has 3 nitrogen and oxygen atoms in total. The molecule has 92 valence electrons. The summed E-state index contributed by atoms with van der Waals surface area (Å²) in [5, 5.41) is 8.91. The Morgan fingerprint density at radius 1 is 1.59 bits per heavy atom. The van der Waals surface area contributed by atoms with Crippen molar-refractivity contribution in [1.29, 1.82) is 5.41 Å². The lowest BCUT2D eigenvalue weighted by atomic mass is 10.1. The van der Waals surface area contributed by atoms with Gasteiger partial charge in [-0.25, -0.2) is 0 Å². The molecule has 1 atom stereocenters. The second kappa shape index (κ2) is 5.19. The third kappa shape index (κ3) is 2.87. The van der Waals surface area contributed by atoms with E-state index in [0.29, 0.717) is 10.3 Å². The van der Waals surface area contributed by atoms with Crippen LogP contribution in [0.1, 0.15) is 12.5 Å². The zero-order valence-electron chi connectivity index (χ0n) is 9.74. The summed E-state index contributed by atoms with van der Waals surface area (Å²) in [7, 11) is 0. The molecule has 1 aromatic carbocycles. The van der Waals surface area contributed by atoms with Gasteiger partial charge in [-0.15, -0.1) is 0 Å². The highest BCUT2D eigenvalue weighted by molar-refractivity contribution is 8.00. The Bertz CT molecular complexity index is 436. The van der Waals surface area contributed by atoms with Crippen LogP contribution in [0.25, 0.3) is 0 Å². The summed E-state index contributed by atoms with van der Waals surface area (Å²) in [5.41, 5.74) is 7.37. The minimum atomic E-state index is 0.0996. The van der Waals surface area contributed by atoms with Crippen molar-refractivity contribution in [2.75, 3.05) is 23.7 Å². The normalized spacial score (nSPS) is 20.4. The van der Waals surface area contributed by atoms with E-state index in [4.69, 9.17) is 22.7 Å². The summed E-state index contributed by atoms with van der Waals surface area (Å²) < 4.78 is 0. The van der Waals surface area contributed by atoms with Crippen molar-refractivity contribution in [1.82, 2.24) is 0 Å². The first-order chi connectivity index (χ1) is 8.08. The molecule has 1 aliphatic rings. The average Bonchev–Trinajstić information content (AvgIpc) is 2.28. The summed E-state index contributed by atoms with van der Waals surface area (Å²) in [6.07, 6.45) is 0. The van der Waals surface area contributed by atoms with Crippen molar-refractivity contribution >= 4 is 34.9 Å². The molecular weight excluding hydrogens is 254 g/mol. The molecule has 1 aliphatic heterocycles. The van der Waals surface area contributed by atoms with E-state index in [2.05, 4.69) is 11.8 Å². The van der Waals surface area contributed by atoms with Gasteiger partial charge in [0, 0.05) is 40.4 Å². The van der Waals surface area contributed by atoms with Crippen LogP contribution in [0.3, 0.4) is 0 Å². The standard InChI is InChI=1S/C12H16ClN3S/c1-8-7-16(4-5-17-8)11-6-9(13)2-3-10(11)12(14)15/h2-3,6,8H,4-5,7H2,1H3,(H3,14,15). The van der Waals surface area contributed by atoms with Crippen LogP contribution in [0.4, 0.5) is 5.69 Å². The fourth-order valence-electron chi connectivity index (χ4n) is 2.03. The molecule has 0 amide bonds. The van der Waals surface area contributed by atoms with Gasteiger partial charge >= 0.3 is 0 Å². The fraction of sp³-hybridized carbons (Fsp3) is 0.417. The van der Waals surface area contributed by atoms with E-state index < -0.39 is 0 Å². The highest BCUT2D eigenvalue weighted by Gasteiger charge is 2.20. The van der Waals surface area contributed by atoms with E-state index in [1.807, 2.05) is 23.9 Å². The summed E-state index contributed by atoms with van der Waals surface area (Å²) in [6, 6.07) is 5.51. The Hall–Kier alpha value is -0.870. The molecule has 0 saturated carbocycles. The number of thioether (sulfide) groups is 1. The molecular formula is C12H16ClN3S. The van der Waals surface area contributed by atoms with Crippen LogP contribution in [-0.4, -0.2) is 29.9 Å². The zero-order valence-corrected chi connectivity index (χ0v) is 11.3. The molecule has 1 unspecified atom stereocenters. The average molecular weight is 270 g/mol. The Kier molecular flexibility index (Phi) is 3.84. The maximum atomic E-state index is 7.62. The molecule has 0 aromatic heterocycles. The van der Waals surface area contributed by atoms with Gasteiger partial charge < -0.3 is 10.6 Å². The number of hydrogen-bond acceptors (Lipinski definition) is 3. The third-order valence-electron chi connectivity index (χ3n) is 2.83. The fourth-order valence-corrected chi connectivity index (χ4v) is 3.21. The topological polar surface area (TPSA) is 53.1 Å². The predicted molar refractivity (Wildman–Crippen MR) is 76.6 cm³/mol. The second-order valence-electron chi connectivity index (χ2n) is 4.20. The van der Waals surface area contributed by atoms with Crippen molar-refractivity contribution in [3.63, 3.8) is 0 Å². The van der Waals surface area contributed by atoms with Crippen molar-refractivity contribution in [3.8, 4) is 0 Å². The van der Waals surface area contributed by atoms with Gasteiger partial charge in [-0.2, -0.15) is 11.8 Å². The summed E-state index contributed by atoms with van der Waals surface area (Å²) in [6.45, 7) is 4.18. The smallest absolute Gasteiger partial charge is 0.124 e. The van der Waals surface area contributed by atoms with Crippen molar-refractivity contribution in [3.05, 3.63) is 28.8 Å². The molecule has 1 heterocycles. The molecule has 0 aliphatic carbocycles. The summed E-state index contributed by atoms with van der Waals surface area (Å²) >= 11 is 8.01. The molecule has 5 heteroatoms. The van der Waals surface area contributed by atoms with Crippen LogP contribution in [0.5, 0.6) is 0 Å². The van der Waals surface area contributed by atoms with E-state index in [-0.39, 0.29) is 5.84 Å². The van der Waals surface area contributed by atoms with Gasteiger partial charge in [0.25, 0.3) is 0 Å². The van der Waals surface area contributed by atoms with Crippen LogP contribution in [0.15, 0.2) is 18.2 Å². The molecule has 2 rings (SSSR count). The third-order valence-corrected chi connectivity index (χ3v) is 4.20. The predicted octanol–water partition coefficient (Wildman–Crippen LogP) is 2.57. The number of nitrogens with zero attached hydrogens (tertiary/aromatic N) is 1. The number of benzene rings is 1. The van der Waals surface area contributed by atoms with Gasteiger partial charge in [-0.3, -0.25) is 5.41 Å². The van der Waals surface area contributed by atoms with E-state index in [0.717, 1.165) is 30.1 Å². The Balaban J connectivity index is 2.35. The number of rotatable bonds is 2. The SMILES string of the molecule is CC1CN(c2cc(Cl)ccc2C(=N)N)CCS1. The molecule has 17 heavy (non-hydrogen) atoms. The van der Waals surface area contributed by atoms with Crippen molar-refractivity contribution < 1.29 is 0 Å². The second-order valence-corrected chi connectivity index (χ2v) is 6.19. The van der Waals surface area contributed by atoms with E-state index >= 15 is 0 Å². The van der Waals surface area contributed by atoms with Crippen molar-refractivity contribution in [2.24, 2.45) is 5.73 Å². The lowest BCUT2D eigenvalue weighted by molar-refractivity contribution is 0.782. The number of nitrogen functional groups attached to an aromatic ring is 1. The number of nitrogens with one attached hydrogen (secondary N) is 1. The highest BCUT2D eigenvalue weighted by atomic mass is 35.5. The first-order valence-corrected chi connectivity index (χ1v) is 7.01. The molecule has 1 fully saturated rings. The van der Waals surface area contributed by atoms with Gasteiger partial charge in [0.15, 0.2) is 0 Å². The number of halogens is 1. The van der Waals surface area contributed by atoms with Gasteiger partial charge in [0.05, 0.1) is 0 Å².